The van der Waals surface area contributed by atoms with Crippen molar-refractivity contribution in [2.24, 2.45) is 0 Å². The largest absolute Gasteiger partial charge is 0.0622 e. The first kappa shape index (κ1) is 37.9. The molecule has 0 aliphatic carbocycles. The molecule has 0 unspecified atom stereocenters. The normalized spacial score (nSPS) is 11.6. The van der Waals surface area contributed by atoms with E-state index in [-0.39, 0.29) is 0 Å². The molecule has 13 aromatic rings. The first-order valence-electron chi connectivity index (χ1n) is 22.9. The summed E-state index contributed by atoms with van der Waals surface area (Å²) >= 11 is 0. The minimum Gasteiger partial charge on any atom is -0.0622 e. The van der Waals surface area contributed by atoms with Gasteiger partial charge in [0.15, 0.2) is 0 Å². The first-order valence-corrected chi connectivity index (χ1v) is 22.9. The fourth-order valence-electron chi connectivity index (χ4n) is 11.0. The van der Waals surface area contributed by atoms with Gasteiger partial charge < -0.3 is 0 Å². The summed E-state index contributed by atoms with van der Waals surface area (Å²) in [5, 5.41) is 15.0. The Morgan fingerprint density at radius 1 is 0.152 bits per heavy atom. The predicted octanol–water partition coefficient (Wildman–Crippen LogP) is 18.6. The molecule has 0 aliphatic heterocycles. The molecule has 0 nitrogen and oxygen atoms in total. The molecule has 0 spiro atoms. The van der Waals surface area contributed by atoms with E-state index in [9.17, 15) is 0 Å². The second kappa shape index (κ2) is 15.6. The Labute approximate surface area is 384 Å². The van der Waals surface area contributed by atoms with Crippen molar-refractivity contribution in [1.29, 1.82) is 0 Å². The van der Waals surface area contributed by atoms with E-state index in [1.54, 1.807) is 0 Å². The van der Waals surface area contributed by atoms with E-state index < -0.39 is 0 Å². The van der Waals surface area contributed by atoms with Gasteiger partial charge in [0.2, 0.25) is 0 Å². The van der Waals surface area contributed by atoms with Crippen LogP contribution in [0.1, 0.15) is 0 Å². The maximum Gasteiger partial charge on any atom is -0.000763 e. The Balaban J connectivity index is 1.30. The first-order chi connectivity index (χ1) is 32.8. The lowest BCUT2D eigenvalue weighted by atomic mass is 9.77. The van der Waals surface area contributed by atoms with Crippen LogP contribution in [0.5, 0.6) is 0 Å². The predicted molar refractivity (Wildman–Crippen MR) is 284 cm³/mol. The van der Waals surface area contributed by atoms with Crippen LogP contribution in [0.2, 0.25) is 0 Å². The maximum atomic E-state index is 2.51. The lowest BCUT2D eigenvalue weighted by Gasteiger charge is -2.25. The minimum absolute atomic E-state index is 1.19. The maximum absolute atomic E-state index is 2.51. The molecule has 0 fully saturated rings. The zero-order valence-corrected chi connectivity index (χ0v) is 36.2. The highest BCUT2D eigenvalue weighted by Gasteiger charge is 2.26. The molecule has 0 amide bonds. The molecule has 0 aromatic heterocycles. The van der Waals surface area contributed by atoms with Crippen LogP contribution < -0.4 is 0 Å². The molecule has 0 heterocycles. The van der Waals surface area contributed by atoms with E-state index in [4.69, 9.17) is 0 Å². The van der Waals surface area contributed by atoms with E-state index in [1.165, 1.54) is 131 Å². The molecule has 66 heavy (non-hydrogen) atoms. The molecule has 0 radical (unpaired) electrons. The van der Waals surface area contributed by atoms with Crippen molar-refractivity contribution in [3.05, 3.63) is 255 Å². The van der Waals surface area contributed by atoms with Gasteiger partial charge in [-0.3, -0.25) is 0 Å². The highest BCUT2D eigenvalue weighted by molar-refractivity contribution is 6.37. The number of rotatable bonds is 6. The zero-order chi connectivity index (χ0) is 43.6. The van der Waals surface area contributed by atoms with Gasteiger partial charge in [-0.05, 0) is 156 Å². The summed E-state index contributed by atoms with van der Waals surface area (Å²) in [6.45, 7) is 0. The number of hydrogen-bond acceptors (Lipinski definition) is 0. The molecule has 0 saturated heterocycles. The van der Waals surface area contributed by atoms with Crippen LogP contribution in [0.25, 0.3) is 131 Å². The van der Waals surface area contributed by atoms with Gasteiger partial charge in [0, 0.05) is 0 Å². The summed E-state index contributed by atoms with van der Waals surface area (Å²) in [6, 6.07) is 94.3. The second-order valence-corrected chi connectivity index (χ2v) is 17.4. The van der Waals surface area contributed by atoms with Crippen LogP contribution in [-0.4, -0.2) is 0 Å². The Morgan fingerprint density at radius 2 is 0.364 bits per heavy atom. The molecule has 13 aromatic carbocycles. The number of fused-ring (bicyclic) bond motifs is 9. The highest BCUT2D eigenvalue weighted by atomic mass is 14.3. The highest BCUT2D eigenvalue weighted by Crippen LogP contribution is 2.54. The van der Waals surface area contributed by atoms with Gasteiger partial charge in [-0.2, -0.15) is 0 Å². The number of hydrogen-bond donors (Lipinski definition) is 0. The van der Waals surface area contributed by atoms with Crippen molar-refractivity contribution >= 4 is 64.6 Å². The average molecular weight is 835 g/mol. The van der Waals surface area contributed by atoms with Gasteiger partial charge in [0.25, 0.3) is 0 Å². The van der Waals surface area contributed by atoms with Crippen molar-refractivity contribution in [1.82, 2.24) is 0 Å². The lowest BCUT2D eigenvalue weighted by Crippen LogP contribution is -1.98. The lowest BCUT2D eigenvalue weighted by molar-refractivity contribution is 1.57. The Bertz CT molecular complexity index is 3710. The van der Waals surface area contributed by atoms with Gasteiger partial charge >= 0.3 is 0 Å². The fourth-order valence-corrected chi connectivity index (χ4v) is 11.0. The van der Waals surface area contributed by atoms with Crippen LogP contribution in [0.4, 0.5) is 0 Å². The van der Waals surface area contributed by atoms with Gasteiger partial charge in [-0.15, -0.1) is 0 Å². The van der Waals surface area contributed by atoms with E-state index in [0.29, 0.717) is 0 Å². The van der Waals surface area contributed by atoms with E-state index >= 15 is 0 Å². The van der Waals surface area contributed by atoms with E-state index in [1.807, 2.05) is 0 Å². The van der Waals surface area contributed by atoms with Crippen LogP contribution in [-0.2, 0) is 0 Å². The topological polar surface area (TPSA) is 0 Å². The van der Waals surface area contributed by atoms with Gasteiger partial charge in [-0.25, -0.2) is 0 Å². The zero-order valence-electron chi connectivity index (χ0n) is 36.2. The molecule has 0 saturated carbocycles. The van der Waals surface area contributed by atoms with E-state index in [2.05, 4.69) is 255 Å². The molecule has 0 bridgehead atoms. The van der Waals surface area contributed by atoms with Crippen LogP contribution in [0, 0.1) is 0 Å². The van der Waals surface area contributed by atoms with Crippen molar-refractivity contribution in [3.8, 4) is 66.8 Å². The van der Waals surface area contributed by atoms with Crippen LogP contribution in [0.3, 0.4) is 0 Å². The summed E-state index contributed by atoms with van der Waals surface area (Å²) in [7, 11) is 0. The smallest absolute Gasteiger partial charge is 0.000763 e. The van der Waals surface area contributed by atoms with Crippen molar-refractivity contribution in [2.75, 3.05) is 0 Å². The third-order valence-electron chi connectivity index (χ3n) is 13.7. The quantitative estimate of drug-likeness (QED) is 0.116. The molecular weight excluding hydrogens is 793 g/mol. The molecule has 0 atom stereocenters. The van der Waals surface area contributed by atoms with E-state index in [0.717, 1.165) is 0 Å². The summed E-state index contributed by atoms with van der Waals surface area (Å²) < 4.78 is 0. The third kappa shape index (κ3) is 6.00. The summed E-state index contributed by atoms with van der Waals surface area (Å²) in [5.74, 6) is 0. The molecule has 0 aliphatic rings. The van der Waals surface area contributed by atoms with Crippen molar-refractivity contribution in [2.45, 2.75) is 0 Å². The van der Waals surface area contributed by atoms with Gasteiger partial charge in [0.1, 0.15) is 0 Å². The summed E-state index contributed by atoms with van der Waals surface area (Å²) in [5.41, 5.74) is 14.7. The second-order valence-electron chi connectivity index (χ2n) is 17.4. The SMILES string of the molecule is c1ccc(-c2c(-c3ccccc3)c(-c3ccccc3)c3cc4cc5c(-c6ccccc6)c6c7ccccc7c7ccccc7c6c(-c6ccccc6)c5cc4cc3c2-c2ccccc2)cc1. The fraction of sp³-hybridized carbons (Fsp3) is 0. The van der Waals surface area contributed by atoms with Gasteiger partial charge in [-0.1, -0.05) is 231 Å². The van der Waals surface area contributed by atoms with Crippen LogP contribution >= 0.6 is 0 Å². The Hall–Kier alpha value is -8.58. The standard InChI is InChI=1S/C66H42/c1-7-23-43(24-8-1)59-55-39-49-41-57-58(42-50(49)40-56(55)60(44-25-9-2-10-26-44)64(48-33-17-6-18-34-48)63(59)47-31-15-5-16-32-47)62(46-29-13-4-14-30-46)66-54-38-22-20-36-52(54)51-35-19-21-37-53(51)65(66)61(57)45-27-11-3-12-28-45/h1-42H. The van der Waals surface area contributed by atoms with Crippen LogP contribution in [0.15, 0.2) is 255 Å². The summed E-state index contributed by atoms with van der Waals surface area (Å²) in [4.78, 5) is 0. The Kier molecular flexibility index (Phi) is 8.96. The van der Waals surface area contributed by atoms with Gasteiger partial charge in [0.05, 0.1) is 0 Å². The average Bonchev–Trinajstić information content (AvgIpc) is 3.40. The third-order valence-corrected chi connectivity index (χ3v) is 13.7. The number of benzene rings is 13. The van der Waals surface area contributed by atoms with Crippen molar-refractivity contribution < 1.29 is 0 Å². The monoisotopic (exact) mass is 834 g/mol. The minimum atomic E-state index is 1.19. The molecule has 13 rings (SSSR count). The molecule has 306 valence electrons. The molecule has 0 N–H and O–H groups in total. The van der Waals surface area contributed by atoms with Crippen molar-refractivity contribution in [3.63, 3.8) is 0 Å². The Morgan fingerprint density at radius 3 is 0.652 bits per heavy atom. The summed E-state index contributed by atoms with van der Waals surface area (Å²) in [6.07, 6.45) is 0. The molecular formula is C66H42. The molecule has 0 heteroatoms.